The van der Waals surface area contributed by atoms with E-state index in [1.807, 2.05) is 6.07 Å². The number of aromatic nitrogens is 1. The minimum Gasteiger partial charge on any atom is -0.303 e. The van der Waals surface area contributed by atoms with E-state index in [1.54, 1.807) is 6.20 Å². The zero-order valence-electron chi connectivity index (χ0n) is 6.46. The van der Waals surface area contributed by atoms with Crippen molar-refractivity contribution in [3.05, 3.63) is 28.5 Å². The Hall–Kier alpha value is -0.890. The van der Waals surface area contributed by atoms with Gasteiger partial charge in [0, 0.05) is 12.1 Å². The zero-order chi connectivity index (χ0) is 8.55. The number of fused-ring (bicyclic) bond motifs is 1. The summed E-state index contributed by atoms with van der Waals surface area (Å²) in [6.45, 7) is 0. The van der Waals surface area contributed by atoms with Crippen LogP contribution in [0.5, 0.6) is 0 Å². The molecule has 0 aromatic carbocycles. The first-order valence-electron chi connectivity index (χ1n) is 3.89. The third-order valence-electron chi connectivity index (χ3n) is 2.24. The molecule has 12 heavy (non-hydrogen) atoms. The van der Waals surface area contributed by atoms with E-state index in [2.05, 4.69) is 4.98 Å². The number of nitrogens with zero attached hydrogens (tertiary/aromatic N) is 1. The summed E-state index contributed by atoms with van der Waals surface area (Å²) in [5.74, 6) is 0.113. The molecular formula is C9H8ClNO. The first-order chi connectivity index (χ1) is 5.81. The van der Waals surface area contributed by atoms with E-state index in [1.165, 1.54) is 5.56 Å². The molecule has 0 fully saturated rings. The third kappa shape index (κ3) is 1.12. The highest BCUT2D eigenvalue weighted by atomic mass is 35.5. The van der Waals surface area contributed by atoms with Gasteiger partial charge in [0.2, 0.25) is 0 Å². The maximum atomic E-state index is 10.5. The monoisotopic (exact) mass is 181 g/mol. The summed E-state index contributed by atoms with van der Waals surface area (Å²) >= 11 is 5.86. The van der Waals surface area contributed by atoms with E-state index in [0.717, 1.165) is 24.7 Å². The van der Waals surface area contributed by atoms with Gasteiger partial charge >= 0.3 is 0 Å². The van der Waals surface area contributed by atoms with Gasteiger partial charge in [0.05, 0.1) is 0 Å². The minimum atomic E-state index is 0.113. The van der Waals surface area contributed by atoms with Gasteiger partial charge in [0.1, 0.15) is 11.4 Å². The Kier molecular flexibility index (Phi) is 1.85. The van der Waals surface area contributed by atoms with Crippen LogP contribution in [0.4, 0.5) is 0 Å². The fraction of sp³-hybridized carbons (Fsp3) is 0.333. The number of carbonyl (C=O) groups excluding carboxylic acids is 1. The van der Waals surface area contributed by atoms with Crippen molar-refractivity contribution in [3.63, 3.8) is 0 Å². The maximum Gasteiger partial charge on any atom is 0.132 e. The van der Waals surface area contributed by atoms with Gasteiger partial charge in [-0.2, -0.15) is 0 Å². The minimum absolute atomic E-state index is 0.113. The van der Waals surface area contributed by atoms with Gasteiger partial charge in [-0.05, 0) is 30.0 Å². The summed E-state index contributed by atoms with van der Waals surface area (Å²) in [4.78, 5) is 14.5. The van der Waals surface area contributed by atoms with Crippen LogP contribution < -0.4 is 0 Å². The van der Waals surface area contributed by atoms with Crippen molar-refractivity contribution in [2.75, 3.05) is 0 Å². The Morgan fingerprint density at radius 1 is 1.58 bits per heavy atom. The Morgan fingerprint density at radius 3 is 3.08 bits per heavy atom. The molecule has 1 aliphatic rings. The SMILES string of the molecule is O=CC1Cc2ccnc(Cl)c2C1. The van der Waals surface area contributed by atoms with Gasteiger partial charge in [-0.3, -0.25) is 0 Å². The number of rotatable bonds is 1. The Bertz CT molecular complexity index is 324. The highest BCUT2D eigenvalue weighted by molar-refractivity contribution is 6.30. The predicted molar refractivity (Wildman–Crippen MR) is 46.2 cm³/mol. The molecule has 1 aliphatic carbocycles. The third-order valence-corrected chi connectivity index (χ3v) is 2.57. The number of aldehydes is 1. The molecule has 3 heteroatoms. The van der Waals surface area contributed by atoms with Crippen molar-refractivity contribution in [2.45, 2.75) is 12.8 Å². The van der Waals surface area contributed by atoms with E-state index in [0.29, 0.717) is 5.15 Å². The fourth-order valence-electron chi connectivity index (χ4n) is 1.62. The van der Waals surface area contributed by atoms with Crippen molar-refractivity contribution < 1.29 is 4.79 Å². The van der Waals surface area contributed by atoms with E-state index in [9.17, 15) is 4.79 Å². The molecule has 0 N–H and O–H groups in total. The van der Waals surface area contributed by atoms with Crippen molar-refractivity contribution in [1.29, 1.82) is 0 Å². The van der Waals surface area contributed by atoms with Crippen molar-refractivity contribution in [1.82, 2.24) is 4.98 Å². The van der Waals surface area contributed by atoms with E-state index in [4.69, 9.17) is 11.6 Å². The summed E-state index contributed by atoms with van der Waals surface area (Å²) in [6.07, 6.45) is 4.26. The summed E-state index contributed by atoms with van der Waals surface area (Å²) in [7, 11) is 0. The molecule has 1 unspecified atom stereocenters. The van der Waals surface area contributed by atoms with Crippen LogP contribution in [0.1, 0.15) is 11.1 Å². The topological polar surface area (TPSA) is 30.0 Å². The van der Waals surface area contributed by atoms with Crippen LogP contribution in [-0.4, -0.2) is 11.3 Å². The highest BCUT2D eigenvalue weighted by Crippen LogP contribution is 2.29. The first kappa shape index (κ1) is 7.74. The Labute approximate surface area is 75.6 Å². The molecule has 0 bridgehead atoms. The lowest BCUT2D eigenvalue weighted by molar-refractivity contribution is -0.110. The van der Waals surface area contributed by atoms with Gasteiger partial charge in [-0.25, -0.2) is 4.98 Å². The van der Waals surface area contributed by atoms with E-state index >= 15 is 0 Å². The average Bonchev–Trinajstić information content (AvgIpc) is 2.49. The molecule has 1 atom stereocenters. The van der Waals surface area contributed by atoms with Crippen LogP contribution >= 0.6 is 11.6 Å². The Morgan fingerprint density at radius 2 is 2.42 bits per heavy atom. The second kappa shape index (κ2) is 2.87. The molecule has 1 aromatic rings. The lowest BCUT2D eigenvalue weighted by Crippen LogP contribution is -1.99. The van der Waals surface area contributed by atoms with Crippen LogP contribution in [0.2, 0.25) is 5.15 Å². The van der Waals surface area contributed by atoms with Gasteiger partial charge in [-0.1, -0.05) is 11.6 Å². The van der Waals surface area contributed by atoms with E-state index in [-0.39, 0.29) is 5.92 Å². The molecule has 0 amide bonds. The van der Waals surface area contributed by atoms with Crippen molar-refractivity contribution in [3.8, 4) is 0 Å². The summed E-state index contributed by atoms with van der Waals surface area (Å²) in [6, 6.07) is 1.94. The standard InChI is InChI=1S/C9H8ClNO/c10-9-8-4-6(5-12)3-7(8)1-2-11-9/h1-2,5-6H,3-4H2. The zero-order valence-corrected chi connectivity index (χ0v) is 7.21. The van der Waals surface area contributed by atoms with Crippen molar-refractivity contribution >= 4 is 17.9 Å². The normalized spacial score (nSPS) is 20.6. The summed E-state index contributed by atoms with van der Waals surface area (Å²) < 4.78 is 0. The molecule has 1 aromatic heterocycles. The number of halogens is 1. The average molecular weight is 182 g/mol. The van der Waals surface area contributed by atoms with E-state index < -0.39 is 0 Å². The maximum absolute atomic E-state index is 10.5. The molecule has 0 saturated carbocycles. The molecule has 0 spiro atoms. The fourth-order valence-corrected chi connectivity index (χ4v) is 1.88. The second-order valence-electron chi connectivity index (χ2n) is 3.04. The smallest absolute Gasteiger partial charge is 0.132 e. The number of hydrogen-bond donors (Lipinski definition) is 0. The predicted octanol–water partition coefficient (Wildman–Crippen LogP) is 1.65. The van der Waals surface area contributed by atoms with Crippen molar-refractivity contribution in [2.24, 2.45) is 5.92 Å². The quantitative estimate of drug-likeness (QED) is 0.487. The molecule has 62 valence electrons. The molecule has 0 saturated heterocycles. The number of hydrogen-bond acceptors (Lipinski definition) is 2. The number of pyridine rings is 1. The second-order valence-corrected chi connectivity index (χ2v) is 3.40. The first-order valence-corrected chi connectivity index (χ1v) is 4.26. The molecule has 0 aliphatic heterocycles. The van der Waals surface area contributed by atoms with Crippen LogP contribution in [0, 0.1) is 5.92 Å². The van der Waals surface area contributed by atoms with Gasteiger partial charge in [0.25, 0.3) is 0 Å². The Balaban J connectivity index is 2.41. The largest absolute Gasteiger partial charge is 0.303 e. The van der Waals surface area contributed by atoms with Crippen LogP contribution in [0.25, 0.3) is 0 Å². The lowest BCUT2D eigenvalue weighted by atomic mass is 10.1. The van der Waals surface area contributed by atoms with Crippen LogP contribution in [-0.2, 0) is 17.6 Å². The van der Waals surface area contributed by atoms with Gasteiger partial charge < -0.3 is 4.79 Å². The van der Waals surface area contributed by atoms with Gasteiger partial charge in [-0.15, -0.1) is 0 Å². The lowest BCUT2D eigenvalue weighted by Gasteiger charge is -1.97. The number of carbonyl (C=O) groups is 1. The van der Waals surface area contributed by atoms with Crippen LogP contribution in [0.3, 0.4) is 0 Å². The molecular weight excluding hydrogens is 174 g/mol. The summed E-state index contributed by atoms with van der Waals surface area (Å²) in [5, 5.41) is 0.553. The molecule has 0 radical (unpaired) electrons. The van der Waals surface area contributed by atoms with Gasteiger partial charge in [0.15, 0.2) is 0 Å². The molecule has 1 heterocycles. The highest BCUT2D eigenvalue weighted by Gasteiger charge is 2.22. The summed E-state index contributed by atoms with van der Waals surface area (Å²) in [5.41, 5.74) is 2.23. The van der Waals surface area contributed by atoms with Crippen LogP contribution in [0.15, 0.2) is 12.3 Å². The molecule has 2 rings (SSSR count). The molecule has 2 nitrogen and oxygen atoms in total.